The van der Waals surface area contributed by atoms with Crippen LogP contribution in [-0.2, 0) is 29.0 Å². The molecular weight excluding hydrogens is 230 g/mol. The second-order valence-electron chi connectivity index (χ2n) is 4.33. The Kier molecular flexibility index (Phi) is 5.36. The second-order valence-corrected chi connectivity index (χ2v) is 4.33. The van der Waals surface area contributed by atoms with Crippen LogP contribution in [0.5, 0.6) is 0 Å². The molecule has 1 aromatic carbocycles. The van der Waals surface area contributed by atoms with Crippen LogP contribution in [0.4, 0.5) is 0 Å². The number of carbonyl (C=O) groups excluding carboxylic acids is 1. The molecule has 0 atom stereocenters. The van der Waals surface area contributed by atoms with E-state index in [1.165, 1.54) is 6.92 Å². The van der Waals surface area contributed by atoms with Crippen molar-refractivity contribution in [3.8, 4) is 0 Å². The van der Waals surface area contributed by atoms with Gasteiger partial charge in [-0.05, 0) is 23.1 Å². The molecule has 1 amide bonds. The van der Waals surface area contributed by atoms with Crippen LogP contribution in [0.1, 0.15) is 37.0 Å². The van der Waals surface area contributed by atoms with Crippen molar-refractivity contribution >= 4 is 11.9 Å². The van der Waals surface area contributed by atoms with E-state index in [0.29, 0.717) is 6.54 Å². The van der Waals surface area contributed by atoms with E-state index in [9.17, 15) is 9.59 Å². The van der Waals surface area contributed by atoms with Gasteiger partial charge in [0.15, 0.2) is 0 Å². The van der Waals surface area contributed by atoms with Gasteiger partial charge in [0, 0.05) is 13.5 Å². The minimum atomic E-state index is -0.818. The minimum absolute atomic E-state index is 0.0513. The molecule has 0 unspecified atom stereocenters. The molecule has 98 valence electrons. The van der Waals surface area contributed by atoms with Crippen LogP contribution in [0.3, 0.4) is 0 Å². The van der Waals surface area contributed by atoms with E-state index in [4.69, 9.17) is 5.11 Å². The van der Waals surface area contributed by atoms with E-state index in [1.54, 1.807) is 0 Å². The van der Waals surface area contributed by atoms with Gasteiger partial charge < -0.3 is 10.4 Å². The third-order valence-electron chi connectivity index (χ3n) is 2.67. The molecule has 0 saturated carbocycles. The van der Waals surface area contributed by atoms with Gasteiger partial charge in [-0.25, -0.2) is 0 Å². The lowest BCUT2D eigenvalue weighted by Crippen LogP contribution is -2.19. The van der Waals surface area contributed by atoms with E-state index >= 15 is 0 Å². The number of rotatable bonds is 6. The molecule has 0 saturated heterocycles. The number of amides is 1. The highest BCUT2D eigenvalue weighted by atomic mass is 16.4. The molecule has 0 fully saturated rings. The number of hydrogen-bond acceptors (Lipinski definition) is 2. The Morgan fingerprint density at radius 1 is 1.28 bits per heavy atom. The molecule has 0 aliphatic heterocycles. The van der Waals surface area contributed by atoms with Crippen molar-refractivity contribution in [3.05, 3.63) is 34.9 Å². The fourth-order valence-corrected chi connectivity index (χ4v) is 1.85. The van der Waals surface area contributed by atoms with Crippen LogP contribution in [0.25, 0.3) is 0 Å². The van der Waals surface area contributed by atoms with Crippen molar-refractivity contribution in [3.63, 3.8) is 0 Å². The second kappa shape index (κ2) is 6.79. The van der Waals surface area contributed by atoms with E-state index in [1.807, 2.05) is 18.2 Å². The zero-order valence-electron chi connectivity index (χ0n) is 10.8. The average Bonchev–Trinajstić information content (AvgIpc) is 2.29. The van der Waals surface area contributed by atoms with Crippen LogP contribution in [0.15, 0.2) is 18.2 Å². The van der Waals surface area contributed by atoms with Crippen LogP contribution in [-0.4, -0.2) is 17.0 Å². The minimum Gasteiger partial charge on any atom is -0.481 e. The van der Waals surface area contributed by atoms with Crippen molar-refractivity contribution in [1.82, 2.24) is 5.32 Å². The number of aryl methyl sites for hydroxylation is 1. The topological polar surface area (TPSA) is 66.4 Å². The summed E-state index contributed by atoms with van der Waals surface area (Å²) >= 11 is 0. The molecule has 4 nitrogen and oxygen atoms in total. The highest BCUT2D eigenvalue weighted by Gasteiger charge is 2.07. The lowest BCUT2D eigenvalue weighted by Gasteiger charge is -2.10. The normalized spacial score (nSPS) is 10.1. The van der Waals surface area contributed by atoms with Crippen LogP contribution in [0.2, 0.25) is 0 Å². The Labute approximate surface area is 107 Å². The molecule has 0 aliphatic carbocycles. The smallest absolute Gasteiger partial charge is 0.307 e. The zero-order chi connectivity index (χ0) is 13.5. The van der Waals surface area contributed by atoms with Crippen molar-refractivity contribution in [2.24, 2.45) is 0 Å². The van der Waals surface area contributed by atoms with Crippen molar-refractivity contribution in [2.75, 3.05) is 0 Å². The number of carboxylic acids is 1. The van der Waals surface area contributed by atoms with Gasteiger partial charge in [0.25, 0.3) is 0 Å². The van der Waals surface area contributed by atoms with E-state index < -0.39 is 5.97 Å². The monoisotopic (exact) mass is 249 g/mol. The van der Waals surface area contributed by atoms with E-state index in [0.717, 1.165) is 29.5 Å². The summed E-state index contributed by atoms with van der Waals surface area (Å²) in [4.78, 5) is 21.6. The summed E-state index contributed by atoms with van der Waals surface area (Å²) in [5.41, 5.74) is 2.92. The summed E-state index contributed by atoms with van der Waals surface area (Å²) in [7, 11) is 0. The number of carboxylic acid groups (broad SMARTS) is 1. The quantitative estimate of drug-likeness (QED) is 0.809. The first-order valence-corrected chi connectivity index (χ1v) is 6.09. The number of nitrogens with one attached hydrogen (secondary N) is 1. The average molecular weight is 249 g/mol. The molecule has 0 aliphatic rings. The largest absolute Gasteiger partial charge is 0.481 e. The van der Waals surface area contributed by atoms with Crippen LogP contribution < -0.4 is 5.32 Å². The molecule has 1 aromatic rings. The third-order valence-corrected chi connectivity index (χ3v) is 2.67. The van der Waals surface area contributed by atoms with Gasteiger partial charge in [0.05, 0.1) is 6.42 Å². The molecule has 0 heterocycles. The Morgan fingerprint density at radius 3 is 2.56 bits per heavy atom. The van der Waals surface area contributed by atoms with Gasteiger partial charge in [-0.3, -0.25) is 9.59 Å². The highest BCUT2D eigenvalue weighted by molar-refractivity contribution is 5.73. The van der Waals surface area contributed by atoms with Crippen molar-refractivity contribution in [1.29, 1.82) is 0 Å². The fraction of sp³-hybridized carbons (Fsp3) is 0.429. The molecule has 0 radical (unpaired) electrons. The van der Waals surface area contributed by atoms with Gasteiger partial charge in [0.1, 0.15) is 0 Å². The SMILES string of the molecule is CCCc1cc(CNC(C)=O)ccc1CC(=O)O. The molecule has 1 rings (SSSR count). The molecule has 0 bridgehead atoms. The van der Waals surface area contributed by atoms with Crippen LogP contribution in [0, 0.1) is 0 Å². The van der Waals surface area contributed by atoms with Gasteiger partial charge in [0.2, 0.25) is 5.91 Å². The number of hydrogen-bond donors (Lipinski definition) is 2. The summed E-state index contributed by atoms with van der Waals surface area (Å²) in [5.74, 6) is -0.886. The molecule has 2 N–H and O–H groups in total. The first-order chi connectivity index (χ1) is 8.52. The van der Waals surface area contributed by atoms with Crippen LogP contribution >= 0.6 is 0 Å². The summed E-state index contributed by atoms with van der Waals surface area (Å²) in [5, 5.41) is 11.6. The Bertz CT molecular complexity index is 441. The number of carbonyl (C=O) groups is 2. The molecule has 4 heteroatoms. The summed E-state index contributed by atoms with van der Waals surface area (Å²) in [6, 6.07) is 5.70. The first kappa shape index (κ1) is 14.2. The Balaban J connectivity index is 2.87. The molecule has 18 heavy (non-hydrogen) atoms. The first-order valence-electron chi connectivity index (χ1n) is 6.09. The predicted molar refractivity (Wildman–Crippen MR) is 69.3 cm³/mol. The maximum absolute atomic E-state index is 10.9. The lowest BCUT2D eigenvalue weighted by atomic mass is 9.98. The van der Waals surface area contributed by atoms with Gasteiger partial charge in [-0.15, -0.1) is 0 Å². The summed E-state index contributed by atoms with van der Waals surface area (Å²) in [6.07, 6.45) is 1.88. The number of benzene rings is 1. The summed E-state index contributed by atoms with van der Waals surface area (Å²) < 4.78 is 0. The fourth-order valence-electron chi connectivity index (χ4n) is 1.85. The summed E-state index contributed by atoms with van der Waals surface area (Å²) in [6.45, 7) is 4.02. The molecular formula is C14H19NO3. The maximum Gasteiger partial charge on any atom is 0.307 e. The zero-order valence-corrected chi connectivity index (χ0v) is 10.8. The van der Waals surface area contributed by atoms with Crippen molar-refractivity contribution < 1.29 is 14.7 Å². The van der Waals surface area contributed by atoms with Gasteiger partial charge >= 0.3 is 5.97 Å². The molecule has 0 aromatic heterocycles. The highest BCUT2D eigenvalue weighted by Crippen LogP contribution is 2.15. The lowest BCUT2D eigenvalue weighted by molar-refractivity contribution is -0.136. The van der Waals surface area contributed by atoms with E-state index in [2.05, 4.69) is 12.2 Å². The molecule has 0 spiro atoms. The maximum atomic E-state index is 10.9. The Hall–Kier alpha value is -1.84. The van der Waals surface area contributed by atoms with Crippen molar-refractivity contribution in [2.45, 2.75) is 39.7 Å². The Morgan fingerprint density at radius 2 is 2.00 bits per heavy atom. The van der Waals surface area contributed by atoms with Gasteiger partial charge in [-0.1, -0.05) is 31.5 Å². The van der Waals surface area contributed by atoms with Gasteiger partial charge in [-0.2, -0.15) is 0 Å². The third kappa shape index (κ3) is 4.57. The predicted octanol–water partition coefficient (Wildman–Crippen LogP) is 1.90. The standard InChI is InChI=1S/C14H19NO3/c1-3-4-12-7-11(9-15-10(2)16)5-6-13(12)8-14(17)18/h5-7H,3-4,8-9H2,1-2H3,(H,15,16)(H,17,18). The number of aliphatic carboxylic acids is 1. The van der Waals surface area contributed by atoms with E-state index in [-0.39, 0.29) is 12.3 Å².